The largest absolute Gasteiger partial charge is 0.477 e. The van der Waals surface area contributed by atoms with Gasteiger partial charge in [-0.3, -0.25) is 0 Å². The van der Waals surface area contributed by atoms with Crippen LogP contribution in [-0.2, 0) is 24.3 Å². The molecule has 13 heteroatoms. The van der Waals surface area contributed by atoms with Crippen LogP contribution in [0.1, 0.15) is 33.0 Å². The summed E-state index contributed by atoms with van der Waals surface area (Å²) in [6, 6.07) is 9.37. The molecule has 0 amide bonds. The van der Waals surface area contributed by atoms with Gasteiger partial charge in [-0.2, -0.15) is 0 Å². The number of benzene rings is 2. The number of pyridine rings is 1. The van der Waals surface area contributed by atoms with Crippen LogP contribution < -0.4 is 4.74 Å². The first-order valence-electron chi connectivity index (χ1n) is 13.0. The SMILES string of the molecule is [C-]#[N+]c1ccc(COc2nc(-c3cc(F)c(Cc4nc5sc(C(=O)O)cc5n4CC4CCO4)cc3F)ccc2F)c(F)c1. The fourth-order valence-corrected chi connectivity index (χ4v) is 5.56. The number of carbonyl (C=O) groups is 1. The molecule has 43 heavy (non-hydrogen) atoms. The molecule has 1 atom stereocenters. The van der Waals surface area contributed by atoms with Gasteiger partial charge in [0.15, 0.2) is 11.5 Å². The number of hydrogen-bond donors (Lipinski definition) is 1. The van der Waals surface area contributed by atoms with Gasteiger partial charge in [-0.25, -0.2) is 37.2 Å². The van der Waals surface area contributed by atoms with Gasteiger partial charge in [0.1, 0.15) is 39.6 Å². The zero-order valence-electron chi connectivity index (χ0n) is 22.1. The number of halogens is 4. The smallest absolute Gasteiger partial charge is 0.346 e. The van der Waals surface area contributed by atoms with Crippen molar-refractivity contribution in [2.75, 3.05) is 6.61 Å². The molecule has 1 unspecified atom stereocenters. The predicted molar refractivity (Wildman–Crippen MR) is 148 cm³/mol. The summed E-state index contributed by atoms with van der Waals surface area (Å²) in [6.45, 7) is 7.54. The number of fused-ring (bicyclic) bond motifs is 1. The average molecular weight is 609 g/mol. The maximum atomic E-state index is 15.4. The van der Waals surface area contributed by atoms with E-state index in [1.165, 1.54) is 24.3 Å². The summed E-state index contributed by atoms with van der Waals surface area (Å²) in [6.07, 6.45) is 0.638. The van der Waals surface area contributed by atoms with Crippen molar-refractivity contribution in [1.82, 2.24) is 14.5 Å². The lowest BCUT2D eigenvalue weighted by molar-refractivity contribution is -0.0589. The summed E-state index contributed by atoms with van der Waals surface area (Å²) in [4.78, 5) is 23.7. The number of carboxylic acids is 1. The number of aromatic nitrogens is 3. The minimum absolute atomic E-state index is 0.00469. The summed E-state index contributed by atoms with van der Waals surface area (Å²) >= 11 is 0.995. The number of imidazole rings is 1. The van der Waals surface area contributed by atoms with Gasteiger partial charge in [-0.1, -0.05) is 12.1 Å². The fourth-order valence-electron chi connectivity index (χ4n) is 4.67. The lowest BCUT2D eigenvalue weighted by Gasteiger charge is -2.27. The number of aromatic carboxylic acids is 1. The number of rotatable bonds is 9. The molecular formula is C30H20F4N4O4S. The average Bonchev–Trinajstić information content (AvgIpc) is 3.51. The third kappa shape index (κ3) is 5.67. The van der Waals surface area contributed by atoms with E-state index in [1.54, 1.807) is 4.57 Å². The van der Waals surface area contributed by atoms with Gasteiger partial charge in [0.25, 0.3) is 5.88 Å². The molecule has 1 aliphatic heterocycles. The second kappa shape index (κ2) is 11.5. The number of ether oxygens (including phenoxy) is 2. The molecule has 1 fully saturated rings. The van der Waals surface area contributed by atoms with E-state index in [4.69, 9.17) is 16.0 Å². The van der Waals surface area contributed by atoms with Crippen LogP contribution in [0.2, 0.25) is 0 Å². The third-order valence-corrected chi connectivity index (χ3v) is 8.03. The van der Waals surface area contributed by atoms with E-state index in [9.17, 15) is 18.7 Å². The van der Waals surface area contributed by atoms with Crippen LogP contribution in [0.25, 0.3) is 26.4 Å². The van der Waals surface area contributed by atoms with Crippen molar-refractivity contribution in [3.8, 4) is 17.1 Å². The normalized spacial score (nSPS) is 14.4. The lowest BCUT2D eigenvalue weighted by Crippen LogP contribution is -2.31. The van der Waals surface area contributed by atoms with Crippen molar-refractivity contribution in [2.24, 2.45) is 0 Å². The Bertz CT molecular complexity index is 1930. The highest BCUT2D eigenvalue weighted by Crippen LogP contribution is 2.32. The van der Waals surface area contributed by atoms with Gasteiger partial charge < -0.3 is 19.1 Å². The molecule has 1 N–H and O–H groups in total. The van der Waals surface area contributed by atoms with E-state index >= 15 is 8.78 Å². The second-order valence-electron chi connectivity index (χ2n) is 9.79. The Hall–Kier alpha value is -4.80. The maximum Gasteiger partial charge on any atom is 0.346 e. The Balaban J connectivity index is 1.26. The quantitative estimate of drug-likeness (QED) is 0.144. The van der Waals surface area contributed by atoms with Crippen molar-refractivity contribution in [3.05, 3.63) is 105 Å². The molecule has 1 aliphatic rings. The summed E-state index contributed by atoms with van der Waals surface area (Å²) in [7, 11) is 0. The van der Waals surface area contributed by atoms with Crippen molar-refractivity contribution in [3.63, 3.8) is 0 Å². The monoisotopic (exact) mass is 608 g/mol. The summed E-state index contributed by atoms with van der Waals surface area (Å²) in [5.41, 5.74) is 0.394. The Kier molecular flexibility index (Phi) is 7.55. The minimum atomic E-state index is -1.08. The van der Waals surface area contributed by atoms with Gasteiger partial charge in [0.05, 0.1) is 30.4 Å². The van der Waals surface area contributed by atoms with Crippen LogP contribution in [0.5, 0.6) is 5.88 Å². The molecule has 8 nitrogen and oxygen atoms in total. The molecule has 0 spiro atoms. The van der Waals surface area contributed by atoms with Gasteiger partial charge in [-0.15, -0.1) is 11.3 Å². The highest BCUT2D eigenvalue weighted by Gasteiger charge is 2.25. The topological polar surface area (TPSA) is 90.8 Å². The molecule has 218 valence electrons. The standard InChI is InChI=1S/C30H20F4N4O4S/c1-35-17-3-2-15(21(32)10-17)14-42-28-20(31)4-5-24(36-28)19-11-22(33)16(8-23(19)34)9-27-37-29-25(12-26(43-29)30(39)40)38(27)13-18-6-7-41-18/h2-5,8,10-12,18H,6-7,9,13-14H2,(H,39,40). The van der Waals surface area contributed by atoms with Crippen LogP contribution in [-0.4, -0.2) is 38.3 Å². The Morgan fingerprint density at radius 3 is 2.53 bits per heavy atom. The van der Waals surface area contributed by atoms with Crippen LogP contribution in [0.4, 0.5) is 23.2 Å². The number of nitrogens with zero attached hydrogens (tertiary/aromatic N) is 4. The third-order valence-electron chi connectivity index (χ3n) is 7.02. The number of thiophene rings is 1. The fraction of sp³-hybridized carbons (Fsp3) is 0.200. The first kappa shape index (κ1) is 28.3. The minimum Gasteiger partial charge on any atom is -0.477 e. The van der Waals surface area contributed by atoms with E-state index in [-0.39, 0.29) is 45.5 Å². The molecule has 4 heterocycles. The van der Waals surface area contributed by atoms with Crippen LogP contribution in [0.15, 0.2) is 48.5 Å². The highest BCUT2D eigenvalue weighted by atomic mass is 32.1. The maximum absolute atomic E-state index is 15.4. The predicted octanol–water partition coefficient (Wildman–Crippen LogP) is 6.92. The van der Waals surface area contributed by atoms with Crippen molar-refractivity contribution >= 4 is 33.3 Å². The lowest BCUT2D eigenvalue weighted by atomic mass is 10.0. The number of hydrogen-bond acceptors (Lipinski definition) is 6. The molecule has 6 rings (SSSR count). The van der Waals surface area contributed by atoms with E-state index in [0.29, 0.717) is 29.3 Å². The Labute approximate surface area is 245 Å². The van der Waals surface area contributed by atoms with Crippen molar-refractivity contribution < 1.29 is 36.9 Å². The molecule has 0 saturated carbocycles. The molecule has 5 aromatic rings. The van der Waals surface area contributed by atoms with E-state index in [0.717, 1.165) is 42.0 Å². The summed E-state index contributed by atoms with van der Waals surface area (Å²) < 4.78 is 72.0. The van der Waals surface area contributed by atoms with Gasteiger partial charge in [0.2, 0.25) is 0 Å². The van der Waals surface area contributed by atoms with Crippen molar-refractivity contribution in [1.29, 1.82) is 0 Å². The first-order chi connectivity index (χ1) is 20.7. The van der Waals surface area contributed by atoms with Gasteiger partial charge in [0, 0.05) is 24.2 Å². The summed E-state index contributed by atoms with van der Waals surface area (Å²) in [5, 5.41) is 9.37. The molecule has 0 radical (unpaired) electrons. The molecule has 0 bridgehead atoms. The van der Waals surface area contributed by atoms with Gasteiger partial charge >= 0.3 is 5.97 Å². The highest BCUT2D eigenvalue weighted by molar-refractivity contribution is 7.20. The molecule has 0 aliphatic carbocycles. The van der Waals surface area contributed by atoms with E-state index < -0.39 is 41.7 Å². The molecule has 1 saturated heterocycles. The van der Waals surface area contributed by atoms with Crippen LogP contribution >= 0.6 is 11.3 Å². The van der Waals surface area contributed by atoms with Gasteiger partial charge in [-0.05, 0) is 48.4 Å². The van der Waals surface area contributed by atoms with Crippen LogP contribution in [0, 0.1) is 29.8 Å². The molecular weight excluding hydrogens is 588 g/mol. The molecule has 2 aromatic carbocycles. The second-order valence-corrected chi connectivity index (χ2v) is 10.8. The zero-order valence-corrected chi connectivity index (χ0v) is 22.9. The summed E-state index contributed by atoms with van der Waals surface area (Å²) in [5.74, 6) is -4.36. The van der Waals surface area contributed by atoms with E-state index in [1.807, 2.05) is 0 Å². The Morgan fingerprint density at radius 1 is 1.05 bits per heavy atom. The zero-order chi connectivity index (χ0) is 30.2. The van der Waals surface area contributed by atoms with Crippen molar-refractivity contribution in [2.45, 2.75) is 32.1 Å². The number of carboxylic acid groups (broad SMARTS) is 1. The first-order valence-corrected chi connectivity index (χ1v) is 13.8. The van der Waals surface area contributed by atoms with E-state index in [2.05, 4.69) is 14.8 Å². The molecule has 3 aromatic heterocycles. The Morgan fingerprint density at radius 2 is 1.84 bits per heavy atom. The van der Waals surface area contributed by atoms with Crippen LogP contribution in [0.3, 0.4) is 0 Å².